The van der Waals surface area contributed by atoms with Gasteiger partial charge in [-0.05, 0) is 76.9 Å². The van der Waals surface area contributed by atoms with Crippen LogP contribution in [-0.2, 0) is 33.4 Å². The fraction of sp³-hybridized carbons (Fsp3) is 0.175. The van der Waals surface area contributed by atoms with Crippen LogP contribution in [0.5, 0.6) is 5.75 Å². The van der Waals surface area contributed by atoms with E-state index < -0.39 is 16.0 Å². The topological polar surface area (TPSA) is 86.6 Å². The molecule has 5 aromatic carbocycles. The number of aromatic nitrogens is 1. The SMILES string of the molecule is COC(=O)c1ccc(OCCc2c(CCNS(=O)(=O)Cc3ccc(Cl)cc3Cl)n(C(c3ccccc3)c3ccccc3)c3ccc(Cl)cc23)cc1. The lowest BCUT2D eigenvalue weighted by atomic mass is 9.97. The van der Waals surface area contributed by atoms with Gasteiger partial charge in [0.25, 0.3) is 0 Å². The fourth-order valence-electron chi connectivity index (χ4n) is 6.31. The molecule has 51 heavy (non-hydrogen) atoms. The monoisotopic (exact) mass is 760 g/mol. The first-order valence-corrected chi connectivity index (χ1v) is 19.1. The molecule has 262 valence electrons. The Balaban J connectivity index is 1.39. The first-order chi connectivity index (χ1) is 24.6. The minimum atomic E-state index is -3.76. The van der Waals surface area contributed by atoms with Gasteiger partial charge in [-0.3, -0.25) is 0 Å². The molecule has 0 radical (unpaired) electrons. The van der Waals surface area contributed by atoms with Crippen LogP contribution in [0.4, 0.5) is 0 Å². The minimum Gasteiger partial charge on any atom is -0.493 e. The molecule has 0 aliphatic carbocycles. The van der Waals surface area contributed by atoms with Crippen LogP contribution in [0.2, 0.25) is 15.1 Å². The van der Waals surface area contributed by atoms with Gasteiger partial charge < -0.3 is 14.0 Å². The summed E-state index contributed by atoms with van der Waals surface area (Å²) in [5.41, 5.74) is 5.94. The summed E-state index contributed by atoms with van der Waals surface area (Å²) in [6.07, 6.45) is 0.876. The first kappa shape index (κ1) is 36.5. The van der Waals surface area contributed by atoms with Gasteiger partial charge in [0.15, 0.2) is 0 Å². The van der Waals surface area contributed by atoms with E-state index >= 15 is 0 Å². The molecule has 11 heteroatoms. The number of hydrogen-bond acceptors (Lipinski definition) is 5. The molecule has 7 nitrogen and oxygen atoms in total. The third-order valence-electron chi connectivity index (χ3n) is 8.61. The lowest BCUT2D eigenvalue weighted by molar-refractivity contribution is 0.0600. The van der Waals surface area contributed by atoms with Crippen molar-refractivity contribution < 1.29 is 22.7 Å². The Morgan fingerprint density at radius 2 is 1.41 bits per heavy atom. The summed E-state index contributed by atoms with van der Waals surface area (Å²) in [6, 6.07) is 37.6. The maximum Gasteiger partial charge on any atom is 0.337 e. The van der Waals surface area contributed by atoms with Crippen molar-refractivity contribution in [1.82, 2.24) is 9.29 Å². The van der Waals surface area contributed by atoms with Gasteiger partial charge in [0.1, 0.15) is 5.75 Å². The number of hydrogen-bond donors (Lipinski definition) is 1. The van der Waals surface area contributed by atoms with E-state index in [9.17, 15) is 13.2 Å². The molecule has 0 fully saturated rings. The van der Waals surface area contributed by atoms with Gasteiger partial charge in [0, 0.05) is 51.1 Å². The summed E-state index contributed by atoms with van der Waals surface area (Å²) in [5.74, 6) is -0.103. The predicted molar refractivity (Wildman–Crippen MR) is 205 cm³/mol. The number of halogens is 3. The molecule has 0 amide bonds. The third kappa shape index (κ3) is 8.78. The Kier molecular flexibility index (Phi) is 11.7. The number of rotatable bonds is 14. The molecule has 0 bridgehead atoms. The highest BCUT2D eigenvalue weighted by atomic mass is 35.5. The average Bonchev–Trinajstić information content (AvgIpc) is 3.41. The van der Waals surface area contributed by atoms with Gasteiger partial charge in [-0.15, -0.1) is 0 Å². The van der Waals surface area contributed by atoms with Crippen LogP contribution in [0.1, 0.15) is 44.3 Å². The summed E-state index contributed by atoms with van der Waals surface area (Å²) in [4.78, 5) is 11.9. The second-order valence-corrected chi connectivity index (χ2v) is 15.0. The predicted octanol–water partition coefficient (Wildman–Crippen LogP) is 9.31. The summed E-state index contributed by atoms with van der Waals surface area (Å²) in [6.45, 7) is 0.453. The van der Waals surface area contributed by atoms with Crippen LogP contribution < -0.4 is 9.46 Å². The Hall–Kier alpha value is -4.31. The van der Waals surface area contributed by atoms with Crippen molar-refractivity contribution in [3.8, 4) is 5.75 Å². The Labute approximate surface area is 312 Å². The highest BCUT2D eigenvalue weighted by Crippen LogP contribution is 2.38. The van der Waals surface area contributed by atoms with E-state index in [-0.39, 0.29) is 18.3 Å². The first-order valence-electron chi connectivity index (χ1n) is 16.3. The highest BCUT2D eigenvalue weighted by Gasteiger charge is 2.26. The second kappa shape index (κ2) is 16.4. The summed E-state index contributed by atoms with van der Waals surface area (Å²) < 4.78 is 42.7. The van der Waals surface area contributed by atoms with Crippen molar-refractivity contribution in [3.63, 3.8) is 0 Å². The number of benzene rings is 5. The van der Waals surface area contributed by atoms with E-state index in [2.05, 4.69) is 33.6 Å². The van der Waals surface area contributed by atoms with Gasteiger partial charge in [-0.1, -0.05) is 102 Å². The molecule has 6 aromatic rings. The lowest BCUT2D eigenvalue weighted by Gasteiger charge is -2.25. The Bertz CT molecular complexity index is 2200. The zero-order chi connectivity index (χ0) is 36.0. The number of carbonyl (C=O) groups excluding carboxylic acids is 1. The zero-order valence-electron chi connectivity index (χ0n) is 27.7. The number of nitrogens with one attached hydrogen (secondary N) is 1. The van der Waals surface area contributed by atoms with Crippen LogP contribution in [0.15, 0.2) is 121 Å². The molecular formula is C40H35Cl3N2O5S. The van der Waals surface area contributed by atoms with E-state index in [0.29, 0.717) is 51.4 Å². The number of ether oxygens (including phenoxy) is 2. The van der Waals surface area contributed by atoms with Crippen LogP contribution in [0.3, 0.4) is 0 Å². The zero-order valence-corrected chi connectivity index (χ0v) is 30.8. The second-order valence-electron chi connectivity index (χ2n) is 11.9. The molecule has 1 aromatic heterocycles. The Morgan fingerprint density at radius 1 is 0.784 bits per heavy atom. The van der Waals surface area contributed by atoms with Crippen molar-refractivity contribution in [2.75, 3.05) is 20.3 Å². The van der Waals surface area contributed by atoms with Crippen LogP contribution in [0.25, 0.3) is 10.9 Å². The number of nitrogens with zero attached hydrogens (tertiary/aromatic N) is 1. The molecule has 0 aliphatic heterocycles. The fourth-order valence-corrected chi connectivity index (χ4v) is 8.21. The molecule has 6 rings (SSSR count). The average molecular weight is 762 g/mol. The lowest BCUT2D eigenvalue weighted by Crippen LogP contribution is -2.28. The van der Waals surface area contributed by atoms with Gasteiger partial charge in [-0.2, -0.15) is 0 Å². The minimum absolute atomic E-state index is 0.136. The smallest absolute Gasteiger partial charge is 0.337 e. The van der Waals surface area contributed by atoms with Crippen molar-refractivity contribution >= 4 is 61.7 Å². The molecule has 0 aliphatic rings. The van der Waals surface area contributed by atoms with Crippen LogP contribution in [0, 0.1) is 0 Å². The molecule has 1 heterocycles. The molecule has 0 atom stereocenters. The van der Waals surface area contributed by atoms with E-state index in [1.807, 2.05) is 54.6 Å². The normalized spacial score (nSPS) is 11.6. The van der Waals surface area contributed by atoms with Crippen molar-refractivity contribution in [3.05, 3.63) is 170 Å². The highest BCUT2D eigenvalue weighted by molar-refractivity contribution is 7.88. The van der Waals surface area contributed by atoms with Crippen LogP contribution >= 0.6 is 34.8 Å². The third-order valence-corrected chi connectivity index (χ3v) is 10.8. The molecule has 1 N–H and O–H groups in total. The molecule has 0 unspecified atom stereocenters. The molecule has 0 saturated heterocycles. The molecular weight excluding hydrogens is 727 g/mol. The van der Waals surface area contributed by atoms with E-state index in [1.54, 1.807) is 36.4 Å². The van der Waals surface area contributed by atoms with Crippen molar-refractivity contribution in [1.29, 1.82) is 0 Å². The van der Waals surface area contributed by atoms with Gasteiger partial charge >= 0.3 is 5.97 Å². The standard InChI is InChI=1S/C40H35Cl3N2O5S/c1-49-40(46)29-13-17-33(18-14-29)50-23-21-34-35-24-31(41)16-19-37(35)45(39(27-8-4-2-5-9-27)28-10-6-3-7-11-28)38(34)20-22-44-51(47,48)26-30-12-15-32(42)25-36(30)43/h2-19,24-25,39,44H,20-23,26H2,1H3. The molecule has 0 spiro atoms. The van der Waals surface area contributed by atoms with E-state index in [0.717, 1.165) is 33.3 Å². The van der Waals surface area contributed by atoms with Crippen molar-refractivity contribution in [2.45, 2.75) is 24.6 Å². The maximum absolute atomic E-state index is 13.3. The Morgan fingerprint density at radius 3 is 2.04 bits per heavy atom. The van der Waals surface area contributed by atoms with Gasteiger partial charge in [0.2, 0.25) is 10.0 Å². The number of carbonyl (C=O) groups is 1. The maximum atomic E-state index is 13.3. The summed E-state index contributed by atoms with van der Waals surface area (Å²) in [5, 5.41) is 2.27. The number of sulfonamides is 1. The van der Waals surface area contributed by atoms with E-state index in [1.165, 1.54) is 13.2 Å². The number of methoxy groups -OCH3 is 1. The number of fused-ring (bicyclic) bond motifs is 1. The van der Waals surface area contributed by atoms with Gasteiger partial charge in [-0.25, -0.2) is 17.9 Å². The van der Waals surface area contributed by atoms with Crippen molar-refractivity contribution in [2.24, 2.45) is 0 Å². The van der Waals surface area contributed by atoms with Gasteiger partial charge in [0.05, 0.1) is 31.1 Å². The van der Waals surface area contributed by atoms with Crippen LogP contribution in [-0.4, -0.2) is 39.2 Å². The quantitative estimate of drug-likeness (QED) is 0.112. The summed E-state index contributed by atoms with van der Waals surface area (Å²) >= 11 is 19.0. The number of esters is 1. The van der Waals surface area contributed by atoms with E-state index in [4.69, 9.17) is 44.3 Å². The largest absolute Gasteiger partial charge is 0.493 e. The molecule has 0 saturated carbocycles. The summed E-state index contributed by atoms with van der Waals surface area (Å²) in [7, 11) is -2.42.